The highest BCUT2D eigenvalue weighted by molar-refractivity contribution is 7.89. The van der Waals surface area contributed by atoms with Crippen LogP contribution in [0.4, 0.5) is 0 Å². The molecule has 0 aliphatic carbocycles. The summed E-state index contributed by atoms with van der Waals surface area (Å²) >= 11 is 0. The molecule has 0 unspecified atom stereocenters. The van der Waals surface area contributed by atoms with Crippen molar-refractivity contribution in [1.82, 2.24) is 14.5 Å². The van der Waals surface area contributed by atoms with E-state index < -0.39 is 15.8 Å². The molecule has 1 aromatic rings. The van der Waals surface area contributed by atoms with E-state index in [1.807, 2.05) is 6.07 Å². The van der Waals surface area contributed by atoms with E-state index in [0.717, 1.165) is 5.69 Å². The highest BCUT2D eigenvalue weighted by Gasteiger charge is 2.08. The van der Waals surface area contributed by atoms with Gasteiger partial charge in [-0.2, -0.15) is 10.4 Å². The molecular formula is C8H12N4O2S. The fraction of sp³-hybridized carbons (Fsp3) is 0.500. The first-order chi connectivity index (χ1) is 7.03. The second-order valence-electron chi connectivity index (χ2n) is 3.04. The Kier molecular flexibility index (Phi) is 3.82. The average molecular weight is 228 g/mol. The quantitative estimate of drug-likeness (QED) is 0.729. The van der Waals surface area contributed by atoms with Crippen molar-refractivity contribution in [3.63, 3.8) is 0 Å². The van der Waals surface area contributed by atoms with Crippen molar-refractivity contribution in [3.8, 4) is 6.07 Å². The Hall–Kier alpha value is -1.39. The van der Waals surface area contributed by atoms with Crippen LogP contribution in [0.2, 0.25) is 0 Å². The molecule has 0 fully saturated rings. The van der Waals surface area contributed by atoms with Gasteiger partial charge in [0.2, 0.25) is 10.0 Å². The SMILES string of the molecule is Cn1ccc(CCNS(=O)(=O)CC#N)n1. The summed E-state index contributed by atoms with van der Waals surface area (Å²) in [7, 11) is -1.65. The Labute approximate surface area is 88.6 Å². The molecule has 0 aliphatic rings. The first-order valence-electron chi connectivity index (χ1n) is 4.36. The van der Waals surface area contributed by atoms with Crippen LogP contribution in [0.1, 0.15) is 5.69 Å². The van der Waals surface area contributed by atoms with Crippen LogP contribution in [0.5, 0.6) is 0 Å². The number of hydrogen-bond acceptors (Lipinski definition) is 4. The van der Waals surface area contributed by atoms with E-state index in [-0.39, 0.29) is 6.54 Å². The summed E-state index contributed by atoms with van der Waals surface area (Å²) < 4.78 is 26.1. The summed E-state index contributed by atoms with van der Waals surface area (Å²) in [6.45, 7) is 0.265. The Morgan fingerprint density at radius 2 is 2.40 bits per heavy atom. The van der Waals surface area contributed by atoms with Gasteiger partial charge in [0.25, 0.3) is 0 Å². The van der Waals surface area contributed by atoms with Gasteiger partial charge in [-0.1, -0.05) is 0 Å². The fourth-order valence-corrected chi connectivity index (χ4v) is 1.75. The number of nitriles is 1. The van der Waals surface area contributed by atoms with E-state index in [4.69, 9.17) is 5.26 Å². The maximum atomic E-state index is 11.1. The number of rotatable bonds is 5. The molecule has 0 bridgehead atoms. The number of nitrogens with zero attached hydrogens (tertiary/aromatic N) is 3. The molecule has 1 N–H and O–H groups in total. The van der Waals surface area contributed by atoms with Crippen LogP contribution < -0.4 is 4.72 Å². The lowest BCUT2D eigenvalue weighted by Crippen LogP contribution is -2.27. The van der Waals surface area contributed by atoms with Gasteiger partial charge in [-0.3, -0.25) is 4.68 Å². The Morgan fingerprint density at radius 3 is 2.93 bits per heavy atom. The molecule has 0 aromatic carbocycles. The second-order valence-corrected chi connectivity index (χ2v) is 4.85. The van der Waals surface area contributed by atoms with Gasteiger partial charge in [0, 0.05) is 26.2 Å². The average Bonchev–Trinajstić information content (AvgIpc) is 2.51. The minimum atomic E-state index is -3.44. The maximum Gasteiger partial charge on any atom is 0.225 e. The first-order valence-corrected chi connectivity index (χ1v) is 6.01. The summed E-state index contributed by atoms with van der Waals surface area (Å²) in [5.41, 5.74) is 0.817. The van der Waals surface area contributed by atoms with Crippen LogP contribution in [-0.4, -0.2) is 30.5 Å². The molecule has 0 atom stereocenters. The first kappa shape index (κ1) is 11.7. The minimum Gasteiger partial charge on any atom is -0.276 e. The zero-order chi connectivity index (χ0) is 11.3. The third-order valence-electron chi connectivity index (χ3n) is 1.73. The molecule has 0 spiro atoms. The van der Waals surface area contributed by atoms with Crippen LogP contribution >= 0.6 is 0 Å². The second kappa shape index (κ2) is 4.91. The third kappa shape index (κ3) is 4.10. The Morgan fingerprint density at radius 1 is 1.67 bits per heavy atom. The molecule has 15 heavy (non-hydrogen) atoms. The van der Waals surface area contributed by atoms with Crippen LogP contribution in [0.3, 0.4) is 0 Å². The summed E-state index contributed by atoms with van der Waals surface area (Å²) in [5, 5.41) is 12.3. The molecule has 0 amide bonds. The van der Waals surface area contributed by atoms with Crippen molar-refractivity contribution in [2.45, 2.75) is 6.42 Å². The van der Waals surface area contributed by atoms with E-state index in [0.29, 0.717) is 6.42 Å². The molecule has 1 heterocycles. The molecule has 0 radical (unpaired) electrons. The van der Waals surface area contributed by atoms with Gasteiger partial charge in [-0.25, -0.2) is 13.1 Å². The molecule has 6 nitrogen and oxygen atoms in total. The Balaban J connectivity index is 2.37. The summed E-state index contributed by atoms with van der Waals surface area (Å²) in [6.07, 6.45) is 2.31. The smallest absolute Gasteiger partial charge is 0.225 e. The lowest BCUT2D eigenvalue weighted by molar-refractivity contribution is 0.584. The molecular weight excluding hydrogens is 216 g/mol. The normalized spacial score (nSPS) is 11.2. The number of sulfonamides is 1. The van der Waals surface area contributed by atoms with Crippen molar-refractivity contribution in [1.29, 1.82) is 5.26 Å². The van der Waals surface area contributed by atoms with Gasteiger partial charge in [0.05, 0.1) is 11.8 Å². The van der Waals surface area contributed by atoms with Crippen LogP contribution in [0.25, 0.3) is 0 Å². The largest absolute Gasteiger partial charge is 0.276 e. The molecule has 0 saturated carbocycles. The Bertz CT molecular complexity index is 457. The highest BCUT2D eigenvalue weighted by Crippen LogP contribution is 1.94. The van der Waals surface area contributed by atoms with Gasteiger partial charge in [-0.15, -0.1) is 0 Å². The van der Waals surface area contributed by atoms with E-state index in [9.17, 15) is 8.42 Å². The van der Waals surface area contributed by atoms with Gasteiger partial charge >= 0.3 is 0 Å². The van der Waals surface area contributed by atoms with Crippen LogP contribution in [0.15, 0.2) is 12.3 Å². The molecule has 1 aromatic heterocycles. The summed E-state index contributed by atoms with van der Waals surface area (Å²) in [4.78, 5) is 0. The standard InChI is InChI=1S/C8H12N4O2S/c1-12-6-3-8(11-12)2-5-10-15(13,14)7-4-9/h3,6,10H,2,5,7H2,1H3. The van der Waals surface area contributed by atoms with Crippen molar-refractivity contribution in [3.05, 3.63) is 18.0 Å². The summed E-state index contributed by atoms with van der Waals surface area (Å²) in [5.74, 6) is -0.505. The van der Waals surface area contributed by atoms with Crippen LogP contribution in [0, 0.1) is 11.3 Å². The molecule has 0 saturated heterocycles. The predicted molar refractivity (Wildman–Crippen MR) is 54.3 cm³/mol. The lowest BCUT2D eigenvalue weighted by Gasteiger charge is -2.00. The van der Waals surface area contributed by atoms with Crippen molar-refractivity contribution >= 4 is 10.0 Å². The lowest BCUT2D eigenvalue weighted by atomic mass is 10.3. The van der Waals surface area contributed by atoms with Crippen molar-refractivity contribution in [2.75, 3.05) is 12.3 Å². The minimum absolute atomic E-state index is 0.265. The zero-order valence-corrected chi connectivity index (χ0v) is 9.16. The van der Waals surface area contributed by atoms with Gasteiger partial charge in [0.15, 0.2) is 5.75 Å². The maximum absolute atomic E-state index is 11.1. The number of nitrogens with one attached hydrogen (secondary N) is 1. The van der Waals surface area contributed by atoms with E-state index in [1.54, 1.807) is 24.0 Å². The number of aryl methyl sites for hydroxylation is 1. The third-order valence-corrected chi connectivity index (χ3v) is 2.88. The molecule has 1 rings (SSSR count). The van der Waals surface area contributed by atoms with E-state index >= 15 is 0 Å². The number of aromatic nitrogens is 2. The van der Waals surface area contributed by atoms with Crippen LogP contribution in [-0.2, 0) is 23.5 Å². The fourth-order valence-electron chi connectivity index (χ4n) is 1.07. The molecule has 7 heteroatoms. The highest BCUT2D eigenvalue weighted by atomic mass is 32.2. The van der Waals surface area contributed by atoms with Gasteiger partial charge < -0.3 is 0 Å². The van der Waals surface area contributed by atoms with Gasteiger partial charge in [-0.05, 0) is 6.07 Å². The zero-order valence-electron chi connectivity index (χ0n) is 8.34. The van der Waals surface area contributed by atoms with Gasteiger partial charge in [0.1, 0.15) is 0 Å². The molecule has 0 aliphatic heterocycles. The van der Waals surface area contributed by atoms with Crippen molar-refractivity contribution < 1.29 is 8.42 Å². The summed E-state index contributed by atoms with van der Waals surface area (Å²) in [6, 6.07) is 3.41. The van der Waals surface area contributed by atoms with Crippen molar-refractivity contribution in [2.24, 2.45) is 7.05 Å². The number of hydrogen-bond donors (Lipinski definition) is 1. The van der Waals surface area contributed by atoms with E-state index in [1.165, 1.54) is 0 Å². The monoisotopic (exact) mass is 228 g/mol. The predicted octanol–water partition coefficient (Wildman–Crippen LogP) is -0.594. The molecule has 82 valence electrons. The van der Waals surface area contributed by atoms with E-state index in [2.05, 4.69) is 9.82 Å². The topological polar surface area (TPSA) is 87.8 Å².